The summed E-state index contributed by atoms with van der Waals surface area (Å²) in [5.74, 6) is 0.653. The van der Waals surface area contributed by atoms with Crippen LogP contribution in [0.2, 0.25) is 0 Å². The zero-order valence-electron chi connectivity index (χ0n) is 12.5. The monoisotopic (exact) mass is 294 g/mol. The lowest BCUT2D eigenvalue weighted by atomic mass is 9.87. The molecule has 0 aromatic carbocycles. The largest absolute Gasteiger partial charge is 0.472 e. The second-order valence-electron chi connectivity index (χ2n) is 6.44. The molecule has 1 fully saturated rings. The van der Waals surface area contributed by atoms with Gasteiger partial charge >= 0.3 is 7.82 Å². The van der Waals surface area contributed by atoms with Gasteiger partial charge in [0.25, 0.3) is 0 Å². The molecule has 1 saturated carbocycles. The molecule has 0 saturated heterocycles. The van der Waals surface area contributed by atoms with Gasteiger partial charge in [-0.25, -0.2) is 4.57 Å². The van der Waals surface area contributed by atoms with Crippen molar-refractivity contribution in [3.63, 3.8) is 0 Å². The van der Waals surface area contributed by atoms with Crippen molar-refractivity contribution >= 4 is 7.82 Å². The quantitative estimate of drug-likeness (QED) is 0.552. The molecule has 0 bridgehead atoms. The Kier molecular flexibility index (Phi) is 6.98. The third-order valence-electron chi connectivity index (χ3n) is 3.52. The van der Waals surface area contributed by atoms with E-state index in [0.717, 1.165) is 6.42 Å². The lowest BCUT2D eigenvalue weighted by molar-refractivity contribution is -0.870. The van der Waals surface area contributed by atoms with Crippen molar-refractivity contribution in [2.45, 2.75) is 38.5 Å². The topological polar surface area (TPSA) is 55.8 Å². The molecule has 0 aromatic rings. The maximum atomic E-state index is 11.6. The van der Waals surface area contributed by atoms with E-state index in [-0.39, 0.29) is 6.61 Å². The van der Waals surface area contributed by atoms with Crippen molar-refractivity contribution in [2.75, 3.05) is 40.9 Å². The molecule has 0 aliphatic heterocycles. The molecule has 0 spiro atoms. The summed E-state index contributed by atoms with van der Waals surface area (Å²) in [7, 11) is 2.17. The van der Waals surface area contributed by atoms with Crippen LogP contribution in [0.15, 0.2) is 0 Å². The second-order valence-corrected chi connectivity index (χ2v) is 7.90. The van der Waals surface area contributed by atoms with Crippen LogP contribution in [0, 0.1) is 5.92 Å². The van der Waals surface area contributed by atoms with E-state index in [1.54, 1.807) is 0 Å². The lowest BCUT2D eigenvalue weighted by Crippen LogP contribution is -2.37. The third-order valence-corrected chi connectivity index (χ3v) is 4.54. The summed E-state index contributed by atoms with van der Waals surface area (Å²) in [4.78, 5) is 9.54. The highest BCUT2D eigenvalue weighted by molar-refractivity contribution is 7.47. The normalized spacial score (nSPS) is 21.3. The van der Waals surface area contributed by atoms with Crippen LogP contribution in [-0.4, -0.2) is 50.3 Å². The van der Waals surface area contributed by atoms with Crippen molar-refractivity contribution in [3.05, 3.63) is 0 Å². The van der Waals surface area contributed by atoms with Gasteiger partial charge in [0, 0.05) is 0 Å². The Bertz CT molecular complexity index is 298. The summed E-state index contributed by atoms with van der Waals surface area (Å²) >= 11 is 0. The summed E-state index contributed by atoms with van der Waals surface area (Å²) in [5, 5.41) is 0. The van der Waals surface area contributed by atoms with Gasteiger partial charge in [0.05, 0.1) is 27.7 Å². The van der Waals surface area contributed by atoms with Gasteiger partial charge in [0.15, 0.2) is 0 Å². The van der Waals surface area contributed by atoms with E-state index < -0.39 is 7.82 Å². The summed E-state index contributed by atoms with van der Waals surface area (Å²) in [5.41, 5.74) is 0. The summed E-state index contributed by atoms with van der Waals surface area (Å²) < 4.78 is 22.3. The highest BCUT2D eigenvalue weighted by Crippen LogP contribution is 2.43. The Morgan fingerprint density at radius 2 is 1.68 bits per heavy atom. The molecule has 6 heteroatoms. The minimum Gasteiger partial charge on any atom is -0.329 e. The highest BCUT2D eigenvalue weighted by Gasteiger charge is 2.23. The number of hydrogen-bond acceptors (Lipinski definition) is 3. The van der Waals surface area contributed by atoms with Crippen molar-refractivity contribution < 1.29 is 23.0 Å². The van der Waals surface area contributed by atoms with Gasteiger partial charge in [-0.1, -0.05) is 32.1 Å². The summed E-state index contributed by atoms with van der Waals surface area (Å²) in [6.45, 7) is 1.24. The zero-order valence-corrected chi connectivity index (χ0v) is 13.4. The van der Waals surface area contributed by atoms with Crippen molar-refractivity contribution in [3.8, 4) is 0 Å². The number of quaternary nitrogens is 1. The molecule has 1 aliphatic rings. The average molecular weight is 294 g/mol. The van der Waals surface area contributed by atoms with Crippen LogP contribution in [0.3, 0.4) is 0 Å². The molecule has 5 nitrogen and oxygen atoms in total. The van der Waals surface area contributed by atoms with Crippen LogP contribution in [0.25, 0.3) is 0 Å². The smallest absolute Gasteiger partial charge is 0.329 e. The minimum absolute atomic E-state index is 0.237. The number of phosphoric acid groups is 1. The fraction of sp³-hybridized carbons (Fsp3) is 1.00. The van der Waals surface area contributed by atoms with Crippen LogP contribution >= 0.6 is 7.82 Å². The predicted octanol–water partition coefficient (Wildman–Crippen LogP) is 2.80. The molecule has 1 rings (SSSR count). The van der Waals surface area contributed by atoms with Gasteiger partial charge in [-0.05, 0) is 12.3 Å². The van der Waals surface area contributed by atoms with E-state index in [9.17, 15) is 9.46 Å². The Hall–Kier alpha value is 0.0700. The van der Waals surface area contributed by atoms with Crippen LogP contribution < -0.4 is 0 Å². The fourth-order valence-corrected chi connectivity index (χ4v) is 3.00. The molecule has 1 atom stereocenters. The van der Waals surface area contributed by atoms with Crippen molar-refractivity contribution in [1.82, 2.24) is 0 Å². The van der Waals surface area contributed by atoms with Gasteiger partial charge in [-0.2, -0.15) is 0 Å². The van der Waals surface area contributed by atoms with Crippen LogP contribution in [0.5, 0.6) is 0 Å². The summed E-state index contributed by atoms with van der Waals surface area (Å²) in [6.07, 6.45) is 7.19. The molecule has 1 N–H and O–H groups in total. The van der Waals surface area contributed by atoms with E-state index in [1.165, 1.54) is 32.1 Å². The minimum atomic E-state index is -3.86. The van der Waals surface area contributed by atoms with E-state index in [0.29, 0.717) is 23.6 Å². The number of nitrogens with zero attached hydrogens (tertiary/aromatic N) is 1. The molecule has 0 radical (unpaired) electrons. The fourth-order valence-electron chi connectivity index (χ4n) is 2.28. The first-order valence-corrected chi connectivity index (χ1v) is 8.70. The number of phosphoric ester groups is 1. The number of likely N-dealkylation sites (N-methyl/N-ethyl adjacent to an activating group) is 1. The average Bonchev–Trinajstić information content (AvgIpc) is 2.28. The molecular formula is C13H29NO4P+. The van der Waals surface area contributed by atoms with Crippen molar-refractivity contribution in [1.29, 1.82) is 0 Å². The van der Waals surface area contributed by atoms with E-state index >= 15 is 0 Å². The van der Waals surface area contributed by atoms with Gasteiger partial charge < -0.3 is 9.38 Å². The first-order chi connectivity index (χ1) is 8.79. The standard InChI is InChI=1S/C13H28NO4P/c1-14(2,3)10-12-18-19(15,16)17-11-9-13-7-5-4-6-8-13/h13H,4-12H2,1-3H3/p+1. The van der Waals surface area contributed by atoms with E-state index in [1.807, 2.05) is 21.1 Å². The zero-order chi connectivity index (χ0) is 14.4. The molecule has 1 unspecified atom stereocenters. The Balaban J connectivity index is 2.13. The SMILES string of the molecule is C[N+](C)(C)CCOP(=O)(O)OCCC1CCCCC1. The first-order valence-electron chi connectivity index (χ1n) is 7.21. The van der Waals surface area contributed by atoms with Crippen LogP contribution in [0.4, 0.5) is 0 Å². The molecule has 0 aromatic heterocycles. The maximum absolute atomic E-state index is 11.6. The Morgan fingerprint density at radius 1 is 1.11 bits per heavy atom. The molecule has 1 aliphatic carbocycles. The van der Waals surface area contributed by atoms with Crippen LogP contribution in [0.1, 0.15) is 38.5 Å². The van der Waals surface area contributed by atoms with Gasteiger partial charge in [-0.15, -0.1) is 0 Å². The summed E-state index contributed by atoms with van der Waals surface area (Å²) in [6, 6.07) is 0. The first kappa shape index (κ1) is 17.1. The van der Waals surface area contributed by atoms with Gasteiger partial charge in [-0.3, -0.25) is 9.05 Å². The maximum Gasteiger partial charge on any atom is 0.472 e. The third kappa shape index (κ3) is 8.77. The molecular weight excluding hydrogens is 265 g/mol. The van der Waals surface area contributed by atoms with E-state index in [4.69, 9.17) is 9.05 Å². The lowest BCUT2D eigenvalue weighted by Gasteiger charge is -2.24. The predicted molar refractivity (Wildman–Crippen MR) is 75.8 cm³/mol. The van der Waals surface area contributed by atoms with Gasteiger partial charge in [0.2, 0.25) is 0 Å². The Labute approximate surface area is 117 Å². The van der Waals surface area contributed by atoms with Crippen LogP contribution in [-0.2, 0) is 13.6 Å². The van der Waals surface area contributed by atoms with Gasteiger partial charge in [0.1, 0.15) is 13.2 Å². The number of rotatable bonds is 8. The molecule has 19 heavy (non-hydrogen) atoms. The Morgan fingerprint density at radius 3 is 2.26 bits per heavy atom. The number of hydrogen-bond donors (Lipinski definition) is 1. The second kappa shape index (κ2) is 7.75. The van der Waals surface area contributed by atoms with Crippen molar-refractivity contribution in [2.24, 2.45) is 5.92 Å². The molecule has 114 valence electrons. The highest BCUT2D eigenvalue weighted by atomic mass is 31.2. The van der Waals surface area contributed by atoms with E-state index in [2.05, 4.69) is 0 Å². The molecule has 0 amide bonds. The molecule has 0 heterocycles.